The van der Waals surface area contributed by atoms with Crippen molar-refractivity contribution < 1.29 is 13.7 Å². The van der Waals surface area contributed by atoms with E-state index >= 15 is 0 Å². The van der Waals surface area contributed by atoms with E-state index in [1.165, 1.54) is 0 Å². The van der Waals surface area contributed by atoms with Crippen molar-refractivity contribution >= 4 is 28.8 Å². The summed E-state index contributed by atoms with van der Waals surface area (Å²) >= 11 is 4.18. The van der Waals surface area contributed by atoms with E-state index < -0.39 is 27.9 Å². The Bertz CT molecular complexity index is 416. The fourth-order valence-corrected chi connectivity index (χ4v) is 0.899. The van der Waals surface area contributed by atoms with Gasteiger partial charge in [-0.25, -0.2) is 4.39 Å². The number of thiocarbonyl (C=S) groups is 1. The van der Waals surface area contributed by atoms with Crippen LogP contribution in [0.3, 0.4) is 0 Å². The number of isothiocyanates is 1. The molecule has 14 heavy (non-hydrogen) atoms. The molecule has 1 aromatic rings. The molecule has 0 N–H and O–H groups in total. The highest BCUT2D eigenvalue weighted by Gasteiger charge is 2.17. The monoisotopic (exact) mass is 216 g/mol. The highest BCUT2D eigenvalue weighted by atomic mass is 32.1. The largest absolute Gasteiger partial charge is 0.307 e. The molecule has 1 rings (SSSR count). The van der Waals surface area contributed by atoms with Crippen molar-refractivity contribution in [1.29, 1.82) is 0 Å². The second-order valence-corrected chi connectivity index (χ2v) is 2.40. The molecule has 0 aliphatic rings. The molecule has 0 saturated heterocycles. The Labute approximate surface area is 82.0 Å². The van der Waals surface area contributed by atoms with E-state index in [0.29, 0.717) is 12.1 Å². The number of nitro groups is 1. The maximum Gasteiger partial charge on any atom is 0.307 e. The summed E-state index contributed by atoms with van der Waals surface area (Å²) in [6.45, 7) is 0. The number of hydrogen-bond donors (Lipinski definition) is 0. The lowest BCUT2D eigenvalue weighted by molar-refractivity contribution is -0.387. The SMILES string of the molecule is O=[N+]([O-])c1cc(F)c(N=C=S)cc1F. The minimum absolute atomic E-state index is 0.414. The molecule has 0 radical (unpaired) electrons. The first-order valence-electron chi connectivity index (χ1n) is 3.27. The molecule has 0 aliphatic carbocycles. The molecule has 0 atom stereocenters. The quantitative estimate of drug-likeness (QED) is 0.330. The summed E-state index contributed by atoms with van der Waals surface area (Å²) in [7, 11) is 0. The minimum atomic E-state index is -1.17. The molecular weight excluding hydrogens is 214 g/mol. The number of nitrogens with zero attached hydrogens (tertiary/aromatic N) is 2. The molecule has 0 saturated carbocycles. The Morgan fingerprint density at radius 2 is 2.07 bits per heavy atom. The van der Waals surface area contributed by atoms with E-state index in [2.05, 4.69) is 17.2 Å². The summed E-state index contributed by atoms with van der Waals surface area (Å²) in [5.74, 6) is -2.18. The van der Waals surface area contributed by atoms with Crippen LogP contribution >= 0.6 is 12.2 Å². The number of aliphatic imine (C=N–C) groups is 1. The van der Waals surface area contributed by atoms with Gasteiger partial charge in [0, 0.05) is 6.07 Å². The van der Waals surface area contributed by atoms with Crippen molar-refractivity contribution in [2.75, 3.05) is 0 Å². The van der Waals surface area contributed by atoms with Gasteiger partial charge < -0.3 is 0 Å². The van der Waals surface area contributed by atoms with Gasteiger partial charge in [-0.05, 0) is 12.2 Å². The van der Waals surface area contributed by atoms with E-state index in [4.69, 9.17) is 0 Å². The van der Waals surface area contributed by atoms with E-state index in [1.54, 1.807) is 0 Å². The molecule has 0 aliphatic heterocycles. The summed E-state index contributed by atoms with van der Waals surface area (Å²) in [6.07, 6.45) is 0. The third-order valence-corrected chi connectivity index (χ3v) is 1.47. The van der Waals surface area contributed by atoms with Crippen LogP contribution in [0.25, 0.3) is 0 Å². The van der Waals surface area contributed by atoms with Crippen LogP contribution in [0.1, 0.15) is 0 Å². The first-order chi connectivity index (χ1) is 6.56. The fraction of sp³-hybridized carbons (Fsp3) is 0. The Morgan fingerprint density at radius 1 is 1.43 bits per heavy atom. The molecule has 7 heteroatoms. The predicted octanol–water partition coefficient (Wildman–Crippen LogP) is 2.61. The van der Waals surface area contributed by atoms with Crippen molar-refractivity contribution in [2.24, 2.45) is 4.99 Å². The zero-order chi connectivity index (χ0) is 10.7. The highest BCUT2D eigenvalue weighted by Crippen LogP contribution is 2.26. The van der Waals surface area contributed by atoms with Crippen LogP contribution < -0.4 is 0 Å². The van der Waals surface area contributed by atoms with Gasteiger partial charge in [0.25, 0.3) is 0 Å². The molecule has 0 bridgehead atoms. The second-order valence-electron chi connectivity index (χ2n) is 2.22. The van der Waals surface area contributed by atoms with Gasteiger partial charge in [-0.15, -0.1) is 0 Å². The standard InChI is InChI=1S/C7H2F2N2O2S/c8-4-2-7(11(12)13)5(9)1-6(4)10-3-14/h1-2H. The van der Waals surface area contributed by atoms with E-state index in [1.807, 2.05) is 5.16 Å². The number of halogens is 2. The summed E-state index contributed by atoms with van der Waals surface area (Å²) < 4.78 is 25.8. The Kier molecular flexibility index (Phi) is 2.95. The first kappa shape index (κ1) is 10.4. The molecule has 4 nitrogen and oxygen atoms in total. The maximum atomic E-state index is 12.9. The van der Waals surface area contributed by atoms with Crippen LogP contribution in [-0.2, 0) is 0 Å². The third kappa shape index (κ3) is 1.95. The van der Waals surface area contributed by atoms with Crippen molar-refractivity contribution in [3.63, 3.8) is 0 Å². The molecule has 0 heterocycles. The summed E-state index contributed by atoms with van der Waals surface area (Å²) in [5, 5.41) is 12.0. The number of hydrogen-bond acceptors (Lipinski definition) is 4. The van der Waals surface area contributed by atoms with Crippen LogP contribution in [0.4, 0.5) is 20.2 Å². The van der Waals surface area contributed by atoms with E-state index in [9.17, 15) is 18.9 Å². The zero-order valence-electron chi connectivity index (χ0n) is 6.53. The summed E-state index contributed by atoms with van der Waals surface area (Å²) in [6, 6.07) is 1.04. The fourth-order valence-electron chi connectivity index (χ4n) is 0.801. The summed E-state index contributed by atoms with van der Waals surface area (Å²) in [5.41, 5.74) is -1.35. The van der Waals surface area contributed by atoms with Gasteiger partial charge in [0.05, 0.1) is 16.2 Å². The van der Waals surface area contributed by atoms with Crippen LogP contribution in [0.15, 0.2) is 17.1 Å². The van der Waals surface area contributed by atoms with Crippen LogP contribution in [0, 0.1) is 21.7 Å². The van der Waals surface area contributed by atoms with Crippen molar-refractivity contribution in [1.82, 2.24) is 0 Å². The molecule has 0 unspecified atom stereocenters. The molecule has 0 spiro atoms. The van der Waals surface area contributed by atoms with Gasteiger partial charge in [0.2, 0.25) is 5.82 Å². The molecule has 0 amide bonds. The van der Waals surface area contributed by atoms with Gasteiger partial charge in [0.15, 0.2) is 5.82 Å². The lowest BCUT2D eigenvalue weighted by Gasteiger charge is -1.96. The molecule has 1 aromatic carbocycles. The molecule has 0 fully saturated rings. The Balaban J connectivity index is 3.37. The average Bonchev–Trinajstić information content (AvgIpc) is 2.10. The molecular formula is C7H2F2N2O2S. The van der Waals surface area contributed by atoms with Crippen molar-refractivity contribution in [2.45, 2.75) is 0 Å². The molecule has 72 valence electrons. The normalized spacial score (nSPS) is 9.29. The summed E-state index contributed by atoms with van der Waals surface area (Å²) in [4.78, 5) is 12.3. The lowest BCUT2D eigenvalue weighted by atomic mass is 10.2. The maximum absolute atomic E-state index is 12.9. The van der Waals surface area contributed by atoms with Gasteiger partial charge in [-0.3, -0.25) is 10.1 Å². The van der Waals surface area contributed by atoms with Crippen LogP contribution in [-0.4, -0.2) is 10.1 Å². The first-order valence-corrected chi connectivity index (χ1v) is 3.68. The minimum Gasteiger partial charge on any atom is -0.258 e. The Hall–Kier alpha value is -1.72. The number of rotatable bonds is 2. The Morgan fingerprint density at radius 3 is 2.57 bits per heavy atom. The average molecular weight is 216 g/mol. The number of benzene rings is 1. The van der Waals surface area contributed by atoms with E-state index in [-0.39, 0.29) is 0 Å². The van der Waals surface area contributed by atoms with Gasteiger partial charge in [0.1, 0.15) is 5.69 Å². The van der Waals surface area contributed by atoms with Crippen LogP contribution in [0.2, 0.25) is 0 Å². The molecule has 0 aromatic heterocycles. The van der Waals surface area contributed by atoms with Gasteiger partial charge in [-0.2, -0.15) is 9.38 Å². The highest BCUT2D eigenvalue weighted by molar-refractivity contribution is 7.78. The zero-order valence-corrected chi connectivity index (χ0v) is 7.35. The van der Waals surface area contributed by atoms with Crippen molar-refractivity contribution in [3.8, 4) is 0 Å². The smallest absolute Gasteiger partial charge is 0.258 e. The van der Waals surface area contributed by atoms with Gasteiger partial charge >= 0.3 is 5.69 Å². The third-order valence-electron chi connectivity index (χ3n) is 1.38. The van der Waals surface area contributed by atoms with Gasteiger partial charge in [-0.1, -0.05) is 0 Å². The second kappa shape index (κ2) is 3.99. The van der Waals surface area contributed by atoms with E-state index in [0.717, 1.165) is 0 Å². The lowest BCUT2D eigenvalue weighted by Crippen LogP contribution is -1.93. The van der Waals surface area contributed by atoms with Crippen LogP contribution in [0.5, 0.6) is 0 Å². The topological polar surface area (TPSA) is 55.5 Å². The predicted molar refractivity (Wildman–Crippen MR) is 47.7 cm³/mol. The number of nitro benzene ring substituents is 1. The van der Waals surface area contributed by atoms with Crippen molar-refractivity contribution in [3.05, 3.63) is 33.9 Å².